The highest BCUT2D eigenvalue weighted by molar-refractivity contribution is 7.89. The number of hydrogen-bond donors (Lipinski definition) is 2. The van der Waals surface area contributed by atoms with E-state index in [2.05, 4.69) is 20.2 Å². The number of aryl methyl sites for hydroxylation is 1. The first-order valence-corrected chi connectivity index (χ1v) is 8.08. The Morgan fingerprint density at radius 1 is 1.43 bits per heavy atom. The largest absolute Gasteiger partial charge is 0.447 e. The first kappa shape index (κ1) is 15.7. The van der Waals surface area contributed by atoms with Crippen molar-refractivity contribution in [2.75, 3.05) is 6.54 Å². The van der Waals surface area contributed by atoms with Gasteiger partial charge in [0, 0.05) is 7.05 Å². The highest BCUT2D eigenvalue weighted by Gasteiger charge is 2.24. The SMILES string of the molecule is CCNCc1ccc(S(=O)(=O)NC(C)c2nncn2C)o1. The Morgan fingerprint density at radius 2 is 2.19 bits per heavy atom. The van der Waals surface area contributed by atoms with Crippen LogP contribution >= 0.6 is 0 Å². The van der Waals surface area contributed by atoms with Gasteiger partial charge in [0.15, 0.2) is 0 Å². The third-order valence-electron chi connectivity index (χ3n) is 2.92. The molecule has 0 saturated carbocycles. The maximum absolute atomic E-state index is 12.3. The molecule has 1 atom stereocenters. The molecule has 116 valence electrons. The highest BCUT2D eigenvalue weighted by Crippen LogP contribution is 2.17. The van der Waals surface area contributed by atoms with Crippen LogP contribution < -0.4 is 10.0 Å². The molecule has 0 spiro atoms. The summed E-state index contributed by atoms with van der Waals surface area (Å²) in [5.74, 6) is 1.10. The molecule has 0 saturated heterocycles. The predicted octanol–water partition coefficient (Wildman–Crippen LogP) is 0.557. The van der Waals surface area contributed by atoms with Gasteiger partial charge in [0.2, 0.25) is 5.09 Å². The summed E-state index contributed by atoms with van der Waals surface area (Å²) in [7, 11) is -1.98. The van der Waals surface area contributed by atoms with Crippen LogP contribution in [0, 0.1) is 0 Å². The summed E-state index contributed by atoms with van der Waals surface area (Å²) in [6, 6.07) is 2.58. The second kappa shape index (κ2) is 6.37. The fraction of sp³-hybridized carbons (Fsp3) is 0.500. The van der Waals surface area contributed by atoms with E-state index in [-0.39, 0.29) is 5.09 Å². The molecule has 9 heteroatoms. The van der Waals surface area contributed by atoms with E-state index in [0.29, 0.717) is 18.1 Å². The third kappa shape index (κ3) is 3.69. The van der Waals surface area contributed by atoms with Gasteiger partial charge in [-0.05, 0) is 25.6 Å². The van der Waals surface area contributed by atoms with Crippen molar-refractivity contribution in [2.45, 2.75) is 31.5 Å². The van der Waals surface area contributed by atoms with Crippen LogP contribution in [-0.4, -0.2) is 29.7 Å². The maximum atomic E-state index is 12.3. The fourth-order valence-corrected chi connectivity index (χ4v) is 3.02. The van der Waals surface area contributed by atoms with E-state index >= 15 is 0 Å². The lowest BCUT2D eigenvalue weighted by atomic mass is 10.3. The Morgan fingerprint density at radius 3 is 2.81 bits per heavy atom. The second-order valence-corrected chi connectivity index (χ2v) is 6.29. The van der Waals surface area contributed by atoms with Gasteiger partial charge in [-0.2, -0.15) is 4.72 Å². The Bertz CT molecular complexity index is 691. The van der Waals surface area contributed by atoms with E-state index in [1.165, 1.54) is 12.4 Å². The number of furan rings is 1. The van der Waals surface area contributed by atoms with Crippen molar-refractivity contribution in [2.24, 2.45) is 7.05 Å². The Hall–Kier alpha value is -1.71. The van der Waals surface area contributed by atoms with Crippen molar-refractivity contribution < 1.29 is 12.8 Å². The van der Waals surface area contributed by atoms with Gasteiger partial charge in [-0.3, -0.25) is 0 Å². The topological polar surface area (TPSA) is 102 Å². The average molecular weight is 313 g/mol. The molecule has 1 unspecified atom stereocenters. The molecule has 0 aliphatic rings. The van der Waals surface area contributed by atoms with E-state index in [1.54, 1.807) is 24.6 Å². The van der Waals surface area contributed by atoms with Crippen LogP contribution in [0.3, 0.4) is 0 Å². The zero-order valence-corrected chi connectivity index (χ0v) is 13.0. The smallest absolute Gasteiger partial charge is 0.274 e. The third-order valence-corrected chi connectivity index (χ3v) is 4.33. The zero-order valence-electron chi connectivity index (χ0n) is 12.2. The summed E-state index contributed by atoms with van der Waals surface area (Å²) >= 11 is 0. The molecule has 0 aliphatic heterocycles. The summed E-state index contributed by atoms with van der Waals surface area (Å²) in [5, 5.41) is 10.6. The van der Waals surface area contributed by atoms with Crippen LogP contribution in [0.15, 0.2) is 28.0 Å². The zero-order chi connectivity index (χ0) is 15.5. The maximum Gasteiger partial charge on any atom is 0.274 e. The van der Waals surface area contributed by atoms with Crippen LogP contribution in [0.25, 0.3) is 0 Å². The van der Waals surface area contributed by atoms with Crippen molar-refractivity contribution in [3.63, 3.8) is 0 Å². The van der Waals surface area contributed by atoms with Gasteiger partial charge in [-0.25, -0.2) is 8.42 Å². The number of aromatic nitrogens is 3. The molecule has 8 nitrogen and oxygen atoms in total. The van der Waals surface area contributed by atoms with Gasteiger partial charge in [0.1, 0.15) is 17.9 Å². The number of hydrogen-bond acceptors (Lipinski definition) is 6. The summed E-state index contributed by atoms with van der Waals surface area (Å²) in [6.45, 7) is 4.93. The van der Waals surface area contributed by atoms with Gasteiger partial charge in [-0.1, -0.05) is 6.92 Å². The van der Waals surface area contributed by atoms with Gasteiger partial charge in [-0.15, -0.1) is 10.2 Å². The lowest BCUT2D eigenvalue weighted by molar-refractivity contribution is 0.399. The van der Waals surface area contributed by atoms with Crippen LogP contribution in [0.5, 0.6) is 0 Å². The first-order valence-electron chi connectivity index (χ1n) is 6.59. The molecule has 2 aromatic heterocycles. The minimum absolute atomic E-state index is 0.107. The molecule has 21 heavy (non-hydrogen) atoms. The molecule has 0 bridgehead atoms. The van der Waals surface area contributed by atoms with Gasteiger partial charge >= 0.3 is 0 Å². The summed E-state index contributed by atoms with van der Waals surface area (Å²) in [5.41, 5.74) is 0. The number of sulfonamides is 1. The molecule has 2 N–H and O–H groups in total. The Balaban J connectivity index is 2.11. The summed E-state index contributed by atoms with van der Waals surface area (Å²) < 4.78 is 34.0. The van der Waals surface area contributed by atoms with Crippen molar-refractivity contribution in [3.8, 4) is 0 Å². The molecule has 2 aromatic rings. The first-order chi connectivity index (χ1) is 9.94. The van der Waals surface area contributed by atoms with E-state index in [0.717, 1.165) is 6.54 Å². The van der Waals surface area contributed by atoms with Crippen LogP contribution in [0.4, 0.5) is 0 Å². The highest BCUT2D eigenvalue weighted by atomic mass is 32.2. The molecule has 2 rings (SSSR count). The fourth-order valence-electron chi connectivity index (χ4n) is 1.87. The van der Waals surface area contributed by atoms with Crippen LogP contribution in [0.1, 0.15) is 31.5 Å². The van der Waals surface area contributed by atoms with Crippen molar-refractivity contribution in [3.05, 3.63) is 30.0 Å². The molecule has 0 radical (unpaired) electrons. The molecule has 0 amide bonds. The van der Waals surface area contributed by atoms with E-state index < -0.39 is 16.1 Å². The molecule has 0 aromatic carbocycles. The molecule has 0 fully saturated rings. The van der Waals surface area contributed by atoms with Crippen molar-refractivity contribution in [1.29, 1.82) is 0 Å². The van der Waals surface area contributed by atoms with Crippen molar-refractivity contribution >= 4 is 10.0 Å². The molecule has 2 heterocycles. The number of nitrogens with zero attached hydrogens (tertiary/aromatic N) is 3. The molecule has 0 aliphatic carbocycles. The predicted molar refractivity (Wildman–Crippen MR) is 75.8 cm³/mol. The van der Waals surface area contributed by atoms with E-state index in [1.807, 2.05) is 6.92 Å². The van der Waals surface area contributed by atoms with Gasteiger partial charge < -0.3 is 14.3 Å². The lowest BCUT2D eigenvalue weighted by Crippen LogP contribution is -2.28. The monoisotopic (exact) mass is 313 g/mol. The van der Waals surface area contributed by atoms with Crippen molar-refractivity contribution in [1.82, 2.24) is 24.8 Å². The van der Waals surface area contributed by atoms with Gasteiger partial charge in [0.05, 0.1) is 12.6 Å². The molecular weight excluding hydrogens is 294 g/mol. The second-order valence-electron chi connectivity index (χ2n) is 4.64. The summed E-state index contributed by atoms with van der Waals surface area (Å²) in [4.78, 5) is 0. The number of nitrogens with one attached hydrogen (secondary N) is 2. The van der Waals surface area contributed by atoms with E-state index in [9.17, 15) is 8.42 Å². The minimum atomic E-state index is -3.73. The van der Waals surface area contributed by atoms with Gasteiger partial charge in [0.25, 0.3) is 10.0 Å². The minimum Gasteiger partial charge on any atom is -0.447 e. The Labute approximate surface area is 123 Å². The van der Waals surface area contributed by atoms with Crippen LogP contribution in [-0.2, 0) is 23.6 Å². The average Bonchev–Trinajstić information content (AvgIpc) is 3.04. The van der Waals surface area contributed by atoms with Crippen LogP contribution in [0.2, 0.25) is 0 Å². The quantitative estimate of drug-likeness (QED) is 0.774. The number of rotatable bonds is 7. The lowest BCUT2D eigenvalue weighted by Gasteiger charge is -2.11. The molecular formula is C12H19N5O3S. The summed E-state index contributed by atoms with van der Waals surface area (Å²) in [6.07, 6.45) is 1.52. The Kier molecular flexibility index (Phi) is 4.76. The van der Waals surface area contributed by atoms with E-state index in [4.69, 9.17) is 4.42 Å². The normalized spacial score (nSPS) is 13.5. The standard InChI is InChI=1S/C12H19N5O3S/c1-4-13-7-10-5-6-11(20-10)21(18,19)16-9(2)12-15-14-8-17(12)3/h5-6,8-9,13,16H,4,7H2,1-3H3.